The lowest BCUT2D eigenvalue weighted by Gasteiger charge is -2.46. The number of aromatic nitrogens is 1. The van der Waals surface area contributed by atoms with E-state index in [0.29, 0.717) is 30.0 Å². The molecule has 2 aliphatic heterocycles. The second-order valence-electron chi connectivity index (χ2n) is 9.40. The minimum Gasteiger partial charge on any atom is -0.446 e. The molecule has 2 aromatic rings. The van der Waals surface area contributed by atoms with Crippen LogP contribution in [0.25, 0.3) is 0 Å². The number of urea groups is 1. The van der Waals surface area contributed by atoms with Crippen LogP contribution in [0.4, 0.5) is 18.4 Å². The second-order valence-corrected chi connectivity index (χ2v) is 9.40. The first-order valence-electron chi connectivity index (χ1n) is 11.8. The maximum absolute atomic E-state index is 13.6. The molecule has 1 aliphatic carbocycles. The largest absolute Gasteiger partial charge is 0.446 e. The molecule has 0 bridgehead atoms. The van der Waals surface area contributed by atoms with Crippen LogP contribution < -0.4 is 5.32 Å². The Kier molecular flexibility index (Phi) is 6.45. The van der Waals surface area contributed by atoms with Crippen LogP contribution >= 0.6 is 0 Å². The zero-order valence-corrected chi connectivity index (χ0v) is 18.8. The molecule has 1 aromatic carbocycles. The molecule has 1 unspecified atom stereocenters. The van der Waals surface area contributed by atoms with Crippen molar-refractivity contribution in [1.29, 1.82) is 0 Å². The summed E-state index contributed by atoms with van der Waals surface area (Å²) >= 11 is 0. The fraction of sp³-hybridized carbons (Fsp3) is 0.480. The SMILES string of the molecule is O=C(NCC1CN(C2CCC(c3ccccn3)CC2)C1)N1C(=O)OCC1c1ccc(F)c(F)c1. The van der Waals surface area contributed by atoms with Crippen LogP contribution in [0.3, 0.4) is 0 Å². The van der Waals surface area contributed by atoms with Crippen molar-refractivity contribution >= 4 is 12.1 Å². The van der Waals surface area contributed by atoms with Crippen molar-refractivity contribution < 1.29 is 23.1 Å². The fourth-order valence-electron chi connectivity index (χ4n) is 5.32. The van der Waals surface area contributed by atoms with Gasteiger partial charge in [0.05, 0.1) is 0 Å². The maximum atomic E-state index is 13.6. The molecule has 7 nitrogen and oxygen atoms in total. The number of likely N-dealkylation sites (tertiary alicyclic amines) is 1. The average molecular weight is 471 g/mol. The summed E-state index contributed by atoms with van der Waals surface area (Å²) < 4.78 is 31.9. The van der Waals surface area contributed by atoms with E-state index in [-0.39, 0.29) is 6.61 Å². The Morgan fingerprint density at radius 1 is 1.09 bits per heavy atom. The summed E-state index contributed by atoms with van der Waals surface area (Å²) in [5.74, 6) is -1.15. The Hall–Kier alpha value is -3.07. The minimum atomic E-state index is -1.03. The molecule has 1 N–H and O–H groups in total. The predicted molar refractivity (Wildman–Crippen MR) is 120 cm³/mol. The van der Waals surface area contributed by atoms with Crippen molar-refractivity contribution in [3.05, 3.63) is 65.5 Å². The van der Waals surface area contributed by atoms with Crippen molar-refractivity contribution in [2.45, 2.75) is 43.7 Å². The fourth-order valence-corrected chi connectivity index (χ4v) is 5.32. The van der Waals surface area contributed by atoms with Gasteiger partial charge in [-0.2, -0.15) is 0 Å². The van der Waals surface area contributed by atoms with E-state index in [1.165, 1.54) is 11.8 Å². The minimum absolute atomic E-state index is 0.0876. The number of rotatable bonds is 5. The first kappa shape index (κ1) is 22.7. The summed E-state index contributed by atoms with van der Waals surface area (Å²) in [4.78, 5) is 32.8. The highest BCUT2D eigenvalue weighted by molar-refractivity contribution is 5.92. The number of imide groups is 1. The Bertz CT molecular complexity index is 1040. The van der Waals surface area contributed by atoms with Crippen molar-refractivity contribution in [3.63, 3.8) is 0 Å². The molecule has 1 atom stereocenters. The monoisotopic (exact) mass is 470 g/mol. The van der Waals surface area contributed by atoms with Gasteiger partial charge in [-0.05, 0) is 55.5 Å². The molecule has 2 saturated heterocycles. The molecule has 0 spiro atoms. The van der Waals surface area contributed by atoms with Crippen LogP contribution in [0.5, 0.6) is 0 Å². The number of carbonyl (C=O) groups is 2. The number of ether oxygens (including phenoxy) is 1. The van der Waals surface area contributed by atoms with Gasteiger partial charge in [0.1, 0.15) is 12.6 Å². The summed E-state index contributed by atoms with van der Waals surface area (Å²) in [5, 5.41) is 2.82. The first-order chi connectivity index (χ1) is 16.5. The van der Waals surface area contributed by atoms with Crippen LogP contribution in [-0.4, -0.2) is 59.2 Å². The number of nitrogens with one attached hydrogen (secondary N) is 1. The lowest BCUT2D eigenvalue weighted by Crippen LogP contribution is -2.56. The van der Waals surface area contributed by atoms with Crippen LogP contribution in [0, 0.1) is 17.6 Å². The summed E-state index contributed by atoms with van der Waals surface area (Å²) in [6.07, 6.45) is 5.65. The highest BCUT2D eigenvalue weighted by atomic mass is 19.2. The van der Waals surface area contributed by atoms with Crippen LogP contribution in [0.15, 0.2) is 42.6 Å². The third kappa shape index (κ3) is 4.61. The van der Waals surface area contributed by atoms with Gasteiger partial charge in [-0.1, -0.05) is 12.1 Å². The van der Waals surface area contributed by atoms with Gasteiger partial charge >= 0.3 is 12.1 Å². The number of nitrogens with zero attached hydrogens (tertiary/aromatic N) is 3. The molecular weight excluding hydrogens is 442 g/mol. The zero-order valence-electron chi connectivity index (χ0n) is 18.8. The average Bonchev–Trinajstić information content (AvgIpc) is 3.22. The zero-order chi connectivity index (χ0) is 23.7. The van der Waals surface area contributed by atoms with E-state index in [1.807, 2.05) is 18.3 Å². The van der Waals surface area contributed by atoms with Crippen molar-refractivity contribution in [3.8, 4) is 0 Å². The van der Waals surface area contributed by atoms with Gasteiger partial charge in [0.15, 0.2) is 11.6 Å². The van der Waals surface area contributed by atoms with Gasteiger partial charge < -0.3 is 10.1 Å². The van der Waals surface area contributed by atoms with Gasteiger partial charge in [0.25, 0.3) is 0 Å². The van der Waals surface area contributed by atoms with Gasteiger partial charge in [-0.3, -0.25) is 9.88 Å². The number of hydrogen-bond donors (Lipinski definition) is 1. The molecule has 1 saturated carbocycles. The van der Waals surface area contributed by atoms with Gasteiger partial charge in [0.2, 0.25) is 0 Å². The predicted octanol–water partition coefficient (Wildman–Crippen LogP) is 4.22. The van der Waals surface area contributed by atoms with Crippen LogP contribution in [0.1, 0.15) is 48.9 Å². The summed E-state index contributed by atoms with van der Waals surface area (Å²) in [6.45, 7) is 2.19. The van der Waals surface area contributed by atoms with Gasteiger partial charge in [-0.25, -0.2) is 23.3 Å². The number of amides is 3. The number of hydrogen-bond acceptors (Lipinski definition) is 5. The second kappa shape index (κ2) is 9.66. The van der Waals surface area contributed by atoms with Crippen molar-refractivity contribution in [1.82, 2.24) is 20.1 Å². The smallest absolute Gasteiger partial charge is 0.418 e. The highest BCUT2D eigenvalue weighted by Crippen LogP contribution is 2.36. The van der Waals surface area contributed by atoms with E-state index in [1.54, 1.807) is 0 Å². The maximum Gasteiger partial charge on any atom is 0.418 e. The number of benzene rings is 1. The molecule has 180 valence electrons. The van der Waals surface area contributed by atoms with Crippen LogP contribution in [-0.2, 0) is 4.74 Å². The standard InChI is InChI=1S/C25H28F2N4O3/c26-20-9-6-18(11-21(20)27)23-15-34-25(33)31(23)24(32)29-12-16-13-30(14-16)19-7-4-17(5-8-19)22-3-1-2-10-28-22/h1-3,6,9-11,16-17,19,23H,4-5,7-8,12-15H2,(H,29,32). The molecule has 34 heavy (non-hydrogen) atoms. The van der Waals surface area contributed by atoms with E-state index in [2.05, 4.69) is 21.3 Å². The lowest BCUT2D eigenvalue weighted by atomic mass is 9.81. The van der Waals surface area contributed by atoms with E-state index < -0.39 is 29.8 Å². The number of carbonyl (C=O) groups excluding carboxylic acids is 2. The topological polar surface area (TPSA) is 74.8 Å². The normalized spacial score (nSPS) is 25.6. The molecule has 9 heteroatoms. The number of halogens is 2. The Morgan fingerprint density at radius 2 is 1.88 bits per heavy atom. The quantitative estimate of drug-likeness (QED) is 0.708. The van der Waals surface area contributed by atoms with Crippen molar-refractivity contribution in [2.24, 2.45) is 5.92 Å². The van der Waals surface area contributed by atoms with E-state index in [9.17, 15) is 18.4 Å². The number of cyclic esters (lactones) is 1. The molecule has 3 aliphatic rings. The summed E-state index contributed by atoms with van der Waals surface area (Å²) in [6, 6.07) is 8.65. The van der Waals surface area contributed by atoms with Crippen molar-refractivity contribution in [2.75, 3.05) is 26.2 Å². The van der Waals surface area contributed by atoms with Crippen LogP contribution in [0.2, 0.25) is 0 Å². The molecule has 1 aromatic heterocycles. The first-order valence-corrected chi connectivity index (χ1v) is 11.8. The lowest BCUT2D eigenvalue weighted by molar-refractivity contribution is 0.0333. The third-order valence-electron chi connectivity index (χ3n) is 7.27. The summed E-state index contributed by atoms with van der Waals surface area (Å²) in [5.41, 5.74) is 1.50. The molecule has 3 amide bonds. The Morgan fingerprint density at radius 3 is 2.59 bits per heavy atom. The third-order valence-corrected chi connectivity index (χ3v) is 7.27. The molecule has 0 radical (unpaired) electrons. The van der Waals surface area contributed by atoms with E-state index in [0.717, 1.165) is 55.8 Å². The van der Waals surface area contributed by atoms with E-state index >= 15 is 0 Å². The summed E-state index contributed by atoms with van der Waals surface area (Å²) in [7, 11) is 0. The van der Waals surface area contributed by atoms with Gasteiger partial charge in [0, 0.05) is 49.4 Å². The van der Waals surface area contributed by atoms with E-state index in [4.69, 9.17) is 4.74 Å². The molecule has 5 rings (SSSR count). The molecule has 3 heterocycles. The van der Waals surface area contributed by atoms with Gasteiger partial charge in [-0.15, -0.1) is 0 Å². The highest BCUT2D eigenvalue weighted by Gasteiger charge is 2.40. The molecular formula is C25H28F2N4O3. The molecule has 3 fully saturated rings. The Balaban J connectivity index is 1.08. The Labute approximate surface area is 197 Å². The number of pyridine rings is 1.